The molecule has 6 aliphatic rings. The molecule has 2 aromatic carbocycles. The van der Waals surface area contributed by atoms with Crippen LogP contribution < -0.4 is 25.2 Å². The highest BCUT2D eigenvalue weighted by molar-refractivity contribution is 6.06. The van der Waals surface area contributed by atoms with E-state index >= 15 is 0 Å². The Morgan fingerprint density at radius 2 is 1.58 bits per heavy atom. The van der Waals surface area contributed by atoms with E-state index in [1.54, 1.807) is 15.8 Å². The number of anilines is 3. The van der Waals surface area contributed by atoms with E-state index in [4.69, 9.17) is 14.7 Å². The van der Waals surface area contributed by atoms with Crippen LogP contribution in [0, 0.1) is 24.7 Å². The van der Waals surface area contributed by atoms with Gasteiger partial charge in [-0.3, -0.25) is 39.7 Å². The zero-order valence-corrected chi connectivity index (χ0v) is 36.6. The number of carbonyl (C=O) groups is 4. The van der Waals surface area contributed by atoms with E-state index in [1.165, 1.54) is 5.69 Å². The van der Waals surface area contributed by atoms with Gasteiger partial charge in [-0.25, -0.2) is 9.67 Å². The largest absolute Gasteiger partial charge is 0.477 e. The van der Waals surface area contributed by atoms with Crippen LogP contribution in [0.4, 0.5) is 17.3 Å². The number of nitrogens with one attached hydrogen (secondary N) is 2. The van der Waals surface area contributed by atoms with Crippen molar-refractivity contribution >= 4 is 52.0 Å². The maximum atomic E-state index is 14.0. The summed E-state index contributed by atoms with van der Waals surface area (Å²) in [5.41, 5.74) is 8.51. The van der Waals surface area contributed by atoms with Gasteiger partial charge in [0.25, 0.3) is 11.8 Å². The molecule has 0 spiro atoms. The number of piperidine rings is 2. The Morgan fingerprint density at radius 1 is 0.797 bits per heavy atom. The van der Waals surface area contributed by atoms with E-state index < -0.39 is 6.04 Å². The number of rotatable bonds is 5. The number of pyridine rings is 1. The minimum absolute atomic E-state index is 0.132. The molecule has 4 amide bonds. The molecule has 4 fully saturated rings. The lowest BCUT2D eigenvalue weighted by molar-refractivity contribution is -0.136. The molecule has 1 saturated carbocycles. The van der Waals surface area contributed by atoms with Crippen molar-refractivity contribution in [2.45, 2.75) is 71.0 Å². The Hall–Kier alpha value is -6.29. The lowest BCUT2D eigenvalue weighted by atomic mass is 9.95. The summed E-state index contributed by atoms with van der Waals surface area (Å²) in [6, 6.07) is 15.6. The summed E-state index contributed by atoms with van der Waals surface area (Å²) in [4.78, 5) is 70.4. The first kappa shape index (κ1) is 40.5. The Balaban J connectivity index is 0.735. The van der Waals surface area contributed by atoms with Gasteiger partial charge in [-0.05, 0) is 117 Å². The number of aromatic nitrogens is 5. The van der Waals surface area contributed by atoms with Crippen LogP contribution in [0.15, 0.2) is 54.7 Å². The molecule has 5 aromatic rings. The molecule has 1 unspecified atom stereocenters. The molecule has 3 aromatic heterocycles. The highest BCUT2D eigenvalue weighted by Crippen LogP contribution is 2.38. The normalized spacial score (nSPS) is 23.3. The van der Waals surface area contributed by atoms with E-state index in [0.29, 0.717) is 66.0 Å². The number of ether oxygens (including phenoxy) is 1. The van der Waals surface area contributed by atoms with Crippen LogP contribution in [0.25, 0.3) is 22.3 Å². The number of amides is 4. The molecule has 3 atom stereocenters. The van der Waals surface area contributed by atoms with Gasteiger partial charge in [-0.15, -0.1) is 0 Å². The van der Waals surface area contributed by atoms with Crippen LogP contribution in [-0.2, 0) is 29.7 Å². The minimum Gasteiger partial charge on any atom is -0.477 e. The van der Waals surface area contributed by atoms with Crippen LogP contribution in [0.5, 0.6) is 5.88 Å². The zero-order valence-electron chi connectivity index (χ0n) is 36.6. The summed E-state index contributed by atoms with van der Waals surface area (Å²) < 4.78 is 10.4. The number of imidazole rings is 1. The van der Waals surface area contributed by atoms with Gasteiger partial charge in [0.1, 0.15) is 6.04 Å². The third-order valence-corrected chi connectivity index (χ3v) is 14.6. The fraction of sp³-hybridized carbons (Fsp3) is 0.479. The fourth-order valence-electron chi connectivity index (χ4n) is 11.1. The number of hydrogen-bond acceptors (Lipinski definition) is 11. The Kier molecular flexibility index (Phi) is 10.4. The average Bonchev–Trinajstić information content (AvgIpc) is 4.07. The number of nitrogens with zero attached hydrogens (tertiary/aromatic N) is 9. The Bertz CT molecular complexity index is 2670. The van der Waals surface area contributed by atoms with Crippen LogP contribution in [0.3, 0.4) is 0 Å². The highest BCUT2D eigenvalue weighted by Gasteiger charge is 2.39. The van der Waals surface area contributed by atoms with Gasteiger partial charge in [0.05, 0.1) is 35.1 Å². The second-order valence-electron chi connectivity index (χ2n) is 18.9. The van der Waals surface area contributed by atoms with Crippen molar-refractivity contribution in [1.82, 2.24) is 39.4 Å². The van der Waals surface area contributed by atoms with Gasteiger partial charge in [-0.2, -0.15) is 5.10 Å². The van der Waals surface area contributed by atoms with Crippen LogP contribution >= 0.6 is 0 Å². The number of hydrogen-bond donors (Lipinski definition) is 2. The van der Waals surface area contributed by atoms with Gasteiger partial charge < -0.3 is 24.0 Å². The summed E-state index contributed by atoms with van der Waals surface area (Å²) in [7, 11) is 1.88. The first-order valence-electron chi connectivity index (χ1n) is 23.1. The fourth-order valence-corrected chi connectivity index (χ4v) is 11.1. The third kappa shape index (κ3) is 7.64. The quantitative estimate of drug-likeness (QED) is 0.229. The first-order chi connectivity index (χ1) is 31.1. The van der Waals surface area contributed by atoms with Crippen molar-refractivity contribution < 1.29 is 23.9 Å². The molecule has 1 aliphatic carbocycles. The molecular formula is C48H55N11O5. The molecule has 11 rings (SSSR count). The molecule has 4 bridgehead atoms. The monoisotopic (exact) mass is 865 g/mol. The second kappa shape index (κ2) is 16.4. The number of benzene rings is 2. The summed E-state index contributed by atoms with van der Waals surface area (Å²) >= 11 is 0. The van der Waals surface area contributed by atoms with E-state index in [0.717, 1.165) is 118 Å². The molecule has 16 heteroatoms. The predicted octanol–water partition coefficient (Wildman–Crippen LogP) is 5.00. The summed E-state index contributed by atoms with van der Waals surface area (Å²) in [6.07, 6.45) is 7.82. The van der Waals surface area contributed by atoms with Crippen LogP contribution in [-0.4, -0.2) is 116 Å². The maximum Gasteiger partial charge on any atom is 0.258 e. The van der Waals surface area contributed by atoms with Gasteiger partial charge >= 0.3 is 0 Å². The third-order valence-electron chi connectivity index (χ3n) is 14.6. The number of fused-ring (bicyclic) bond motifs is 10. The van der Waals surface area contributed by atoms with Crippen molar-refractivity contribution in [2.75, 3.05) is 67.5 Å². The van der Waals surface area contributed by atoms with Gasteiger partial charge in [0.15, 0.2) is 0 Å². The first-order valence-corrected chi connectivity index (χ1v) is 23.1. The number of aryl methyl sites for hydroxylation is 2. The van der Waals surface area contributed by atoms with Gasteiger partial charge in [0.2, 0.25) is 23.6 Å². The van der Waals surface area contributed by atoms with Crippen molar-refractivity contribution in [3.05, 3.63) is 77.1 Å². The maximum absolute atomic E-state index is 14.0. The minimum atomic E-state index is -0.601. The summed E-state index contributed by atoms with van der Waals surface area (Å²) in [6.45, 7) is 10.6. The van der Waals surface area contributed by atoms with E-state index in [2.05, 4.69) is 59.3 Å². The molecule has 3 saturated heterocycles. The smallest absolute Gasteiger partial charge is 0.258 e. The van der Waals surface area contributed by atoms with Crippen molar-refractivity contribution in [3.63, 3.8) is 0 Å². The van der Waals surface area contributed by atoms with Gasteiger partial charge in [-0.1, -0.05) is 0 Å². The number of piperazine rings is 1. The van der Waals surface area contributed by atoms with Gasteiger partial charge in [0, 0.05) is 101 Å². The molecule has 64 heavy (non-hydrogen) atoms. The van der Waals surface area contributed by atoms with E-state index in [-0.39, 0.29) is 30.0 Å². The Labute approximate surface area is 371 Å². The molecule has 8 heterocycles. The standard InChI is InChI=1S/C48H55N11O5/c1-29-19-33-22-40(50-29)38-24-49-54(2)47(38)64-28-32-4-3-31(20-32)26-59-42-23-36(6-8-39(42)51-48(59)53-44(33)61)57-17-15-55(16-18-57)25-30-11-13-56(14-12-30)35-5-7-37-34(21-35)27-58(46(37)63)41-9-10-43(60)52-45(41)62/h5-8,19,21-24,30-32,41H,3-4,9-18,20,25-28H2,1-2H3,(H,51,53,61)(H,52,60,62)/t31-,32+,41?/m1/s1. The number of imide groups is 1. The number of carbonyl (C=O) groups excluding carboxylic acids is 4. The highest BCUT2D eigenvalue weighted by atomic mass is 16.5. The molecular weight excluding hydrogens is 811 g/mol. The predicted molar refractivity (Wildman–Crippen MR) is 241 cm³/mol. The van der Waals surface area contributed by atoms with E-state index in [1.807, 2.05) is 38.2 Å². The molecule has 332 valence electrons. The van der Waals surface area contributed by atoms with Crippen LogP contribution in [0.2, 0.25) is 0 Å². The molecule has 5 aliphatic heterocycles. The Morgan fingerprint density at radius 3 is 2.41 bits per heavy atom. The lowest BCUT2D eigenvalue weighted by Gasteiger charge is -2.40. The molecule has 0 radical (unpaired) electrons. The molecule has 2 N–H and O–H groups in total. The van der Waals surface area contributed by atoms with E-state index in [9.17, 15) is 19.2 Å². The SMILES string of the molecule is Cc1cc2cc(n1)-c1cnn(C)c1OC[C@H]1CC[C@H](C1)Cn1c(nc3ccc(N4CCN(CC5CCN(c6ccc7c(c6)CN(C6CCC(=O)NC6=O)C7=O)CC5)CC4)cc31)NC2=O. The average molecular weight is 866 g/mol. The topological polar surface area (TPSA) is 163 Å². The van der Waals surface area contributed by atoms with Crippen molar-refractivity contribution in [2.24, 2.45) is 24.8 Å². The van der Waals surface area contributed by atoms with Crippen molar-refractivity contribution in [3.8, 4) is 17.1 Å². The summed E-state index contributed by atoms with van der Waals surface area (Å²) in [5, 5.41) is 10.1. The molecule has 16 nitrogen and oxygen atoms in total. The zero-order chi connectivity index (χ0) is 43.6. The van der Waals surface area contributed by atoms with Crippen molar-refractivity contribution in [1.29, 1.82) is 0 Å². The van der Waals surface area contributed by atoms with Crippen LogP contribution in [0.1, 0.15) is 76.9 Å². The lowest BCUT2D eigenvalue weighted by Crippen LogP contribution is -2.52. The second-order valence-corrected chi connectivity index (χ2v) is 18.9. The summed E-state index contributed by atoms with van der Waals surface area (Å²) in [5.74, 6) is 1.71.